The second-order valence-corrected chi connectivity index (χ2v) is 8.67. The van der Waals surface area contributed by atoms with Crippen LogP contribution in [-0.4, -0.2) is 37.8 Å². The van der Waals surface area contributed by atoms with Gasteiger partial charge in [-0.25, -0.2) is 8.42 Å². The van der Waals surface area contributed by atoms with Crippen molar-refractivity contribution in [3.63, 3.8) is 0 Å². The fourth-order valence-electron chi connectivity index (χ4n) is 2.76. The van der Waals surface area contributed by atoms with E-state index in [1.54, 1.807) is 32.0 Å². The summed E-state index contributed by atoms with van der Waals surface area (Å²) >= 11 is 0. The Balaban J connectivity index is 2.47. The van der Waals surface area contributed by atoms with Crippen LogP contribution in [0, 0.1) is 5.92 Å². The van der Waals surface area contributed by atoms with Crippen molar-refractivity contribution in [3.05, 3.63) is 30.3 Å². The fourth-order valence-corrected chi connectivity index (χ4v) is 4.39. The largest absolute Gasteiger partial charge is 0.443 e. The SMILES string of the molecule is CC(=O)O[C@@H]([C@H]1OC(C)(C)O[C@@H]1C(C)C)S(=O)(=O)c1ccccc1. The van der Waals surface area contributed by atoms with Crippen molar-refractivity contribution in [3.8, 4) is 0 Å². The van der Waals surface area contributed by atoms with Crippen LogP contribution in [0.25, 0.3) is 0 Å². The summed E-state index contributed by atoms with van der Waals surface area (Å²) < 4.78 is 42.9. The van der Waals surface area contributed by atoms with E-state index in [1.165, 1.54) is 19.1 Å². The molecule has 2 rings (SSSR count). The van der Waals surface area contributed by atoms with Crippen LogP contribution in [0.2, 0.25) is 0 Å². The van der Waals surface area contributed by atoms with Crippen LogP contribution in [0.5, 0.6) is 0 Å². The van der Waals surface area contributed by atoms with Gasteiger partial charge in [0.25, 0.3) is 0 Å². The second kappa shape index (κ2) is 6.82. The van der Waals surface area contributed by atoms with E-state index in [0.29, 0.717) is 0 Å². The molecule has 0 aliphatic carbocycles. The molecule has 1 aromatic carbocycles. The molecule has 24 heavy (non-hydrogen) atoms. The average molecular weight is 356 g/mol. The minimum atomic E-state index is -3.94. The molecule has 0 spiro atoms. The molecule has 0 N–H and O–H groups in total. The number of esters is 1. The summed E-state index contributed by atoms with van der Waals surface area (Å²) in [6.45, 7) is 8.41. The Morgan fingerprint density at radius 1 is 1.12 bits per heavy atom. The molecule has 1 aromatic rings. The first-order valence-corrected chi connectivity index (χ1v) is 9.41. The molecule has 0 aromatic heterocycles. The van der Waals surface area contributed by atoms with Gasteiger partial charge in [-0.05, 0) is 31.9 Å². The molecule has 1 saturated heterocycles. The summed E-state index contributed by atoms with van der Waals surface area (Å²) in [6, 6.07) is 7.89. The van der Waals surface area contributed by atoms with Gasteiger partial charge in [0.2, 0.25) is 15.3 Å². The normalized spacial score (nSPS) is 24.8. The molecule has 6 nitrogen and oxygen atoms in total. The van der Waals surface area contributed by atoms with Crippen LogP contribution in [0.15, 0.2) is 35.2 Å². The van der Waals surface area contributed by atoms with Gasteiger partial charge in [-0.1, -0.05) is 32.0 Å². The summed E-state index contributed by atoms with van der Waals surface area (Å²) in [5.74, 6) is -1.65. The second-order valence-electron chi connectivity index (χ2n) is 6.64. The van der Waals surface area contributed by atoms with E-state index >= 15 is 0 Å². The van der Waals surface area contributed by atoms with Crippen LogP contribution in [0.1, 0.15) is 34.6 Å². The highest BCUT2D eigenvalue weighted by molar-refractivity contribution is 7.92. The molecule has 0 radical (unpaired) electrons. The number of rotatable bonds is 5. The quantitative estimate of drug-likeness (QED) is 0.755. The topological polar surface area (TPSA) is 78.9 Å². The number of carbonyl (C=O) groups is 1. The lowest BCUT2D eigenvalue weighted by atomic mass is 10.0. The Morgan fingerprint density at radius 2 is 1.67 bits per heavy atom. The smallest absolute Gasteiger partial charge is 0.304 e. The predicted molar refractivity (Wildman–Crippen MR) is 87.8 cm³/mol. The highest BCUT2D eigenvalue weighted by Gasteiger charge is 2.52. The summed E-state index contributed by atoms with van der Waals surface area (Å²) in [5, 5.41) is 0. The van der Waals surface area contributed by atoms with Crippen molar-refractivity contribution in [1.29, 1.82) is 0 Å². The lowest BCUT2D eigenvalue weighted by Gasteiger charge is -2.27. The highest BCUT2D eigenvalue weighted by Crippen LogP contribution is 2.37. The minimum absolute atomic E-state index is 0.0131. The van der Waals surface area contributed by atoms with Crippen LogP contribution in [0.3, 0.4) is 0 Å². The van der Waals surface area contributed by atoms with Crippen molar-refractivity contribution in [1.82, 2.24) is 0 Å². The zero-order chi connectivity index (χ0) is 18.1. The minimum Gasteiger partial charge on any atom is -0.443 e. The maximum Gasteiger partial charge on any atom is 0.304 e. The zero-order valence-electron chi connectivity index (χ0n) is 14.6. The zero-order valence-corrected chi connectivity index (χ0v) is 15.4. The van der Waals surface area contributed by atoms with E-state index in [-0.39, 0.29) is 10.8 Å². The molecular weight excluding hydrogens is 332 g/mol. The van der Waals surface area contributed by atoms with Crippen molar-refractivity contribution < 1.29 is 27.4 Å². The highest BCUT2D eigenvalue weighted by atomic mass is 32.2. The lowest BCUT2D eigenvalue weighted by Crippen LogP contribution is -2.45. The van der Waals surface area contributed by atoms with E-state index < -0.39 is 39.2 Å². The van der Waals surface area contributed by atoms with Gasteiger partial charge >= 0.3 is 5.97 Å². The number of hydrogen-bond donors (Lipinski definition) is 0. The van der Waals surface area contributed by atoms with Gasteiger partial charge in [0, 0.05) is 6.92 Å². The summed E-state index contributed by atoms with van der Waals surface area (Å²) in [6.07, 6.45) is -1.42. The number of sulfone groups is 1. The Bertz CT molecular complexity index is 680. The molecule has 0 unspecified atom stereocenters. The van der Waals surface area contributed by atoms with Crippen LogP contribution in [0.4, 0.5) is 0 Å². The van der Waals surface area contributed by atoms with Crippen molar-refractivity contribution in [2.45, 2.75) is 62.9 Å². The van der Waals surface area contributed by atoms with Gasteiger partial charge in [0.15, 0.2) is 5.79 Å². The lowest BCUT2D eigenvalue weighted by molar-refractivity contribution is -0.163. The molecule has 0 saturated carbocycles. The van der Waals surface area contributed by atoms with Crippen molar-refractivity contribution >= 4 is 15.8 Å². The van der Waals surface area contributed by atoms with Gasteiger partial charge in [-0.2, -0.15) is 0 Å². The molecule has 1 fully saturated rings. The number of benzene rings is 1. The summed E-state index contributed by atoms with van der Waals surface area (Å²) in [5.41, 5.74) is -1.47. The number of hydrogen-bond acceptors (Lipinski definition) is 6. The Hall–Kier alpha value is -1.44. The third-order valence-corrected chi connectivity index (χ3v) is 5.65. The monoisotopic (exact) mass is 356 g/mol. The Labute approximate surface area is 143 Å². The van der Waals surface area contributed by atoms with Crippen LogP contribution >= 0.6 is 0 Å². The fraction of sp³-hybridized carbons (Fsp3) is 0.588. The molecule has 1 aliphatic heterocycles. The Kier molecular flexibility index (Phi) is 5.37. The first-order valence-electron chi connectivity index (χ1n) is 7.86. The summed E-state index contributed by atoms with van der Waals surface area (Å²) in [7, 11) is -3.94. The maximum absolute atomic E-state index is 13.0. The van der Waals surface area contributed by atoms with Gasteiger partial charge in [0.05, 0.1) is 11.0 Å². The van der Waals surface area contributed by atoms with E-state index in [0.717, 1.165) is 0 Å². The molecule has 7 heteroatoms. The molecule has 134 valence electrons. The van der Waals surface area contributed by atoms with Gasteiger partial charge in [-0.3, -0.25) is 4.79 Å². The van der Waals surface area contributed by atoms with Crippen molar-refractivity contribution in [2.75, 3.05) is 0 Å². The third-order valence-electron chi connectivity index (χ3n) is 3.75. The molecule has 1 aliphatic rings. The molecule has 3 atom stereocenters. The third kappa shape index (κ3) is 3.96. The average Bonchev–Trinajstić information content (AvgIpc) is 2.81. The van der Waals surface area contributed by atoms with Crippen LogP contribution in [-0.2, 0) is 28.8 Å². The Morgan fingerprint density at radius 3 is 2.17 bits per heavy atom. The first-order chi connectivity index (χ1) is 11.0. The van der Waals surface area contributed by atoms with E-state index in [9.17, 15) is 13.2 Å². The predicted octanol–water partition coefficient (Wildman–Crippen LogP) is 2.53. The molecule has 0 bridgehead atoms. The maximum atomic E-state index is 13.0. The van der Waals surface area contributed by atoms with E-state index in [4.69, 9.17) is 14.2 Å². The molecular formula is C17H24O6S. The number of carbonyl (C=O) groups excluding carboxylic acids is 1. The molecule has 0 amide bonds. The van der Waals surface area contributed by atoms with Crippen LogP contribution < -0.4 is 0 Å². The van der Waals surface area contributed by atoms with Gasteiger partial charge < -0.3 is 14.2 Å². The van der Waals surface area contributed by atoms with Crippen molar-refractivity contribution in [2.24, 2.45) is 5.92 Å². The standard InChI is InChI=1S/C17H24O6S/c1-11(2)14-15(23-17(4,5)22-14)16(21-12(3)18)24(19,20)13-9-7-6-8-10-13/h6-11,14-16H,1-5H3/t14-,15+,16-/m1/s1. The van der Waals surface area contributed by atoms with Gasteiger partial charge in [-0.15, -0.1) is 0 Å². The van der Waals surface area contributed by atoms with E-state index in [2.05, 4.69) is 0 Å². The van der Waals surface area contributed by atoms with E-state index in [1.807, 2.05) is 13.8 Å². The molecule has 1 heterocycles. The first kappa shape index (κ1) is 18.9. The number of ether oxygens (including phenoxy) is 3. The van der Waals surface area contributed by atoms with Gasteiger partial charge in [0.1, 0.15) is 6.10 Å². The summed E-state index contributed by atoms with van der Waals surface area (Å²) in [4.78, 5) is 11.6.